The van der Waals surface area contributed by atoms with Crippen LogP contribution in [0.2, 0.25) is 0 Å². The maximum absolute atomic E-state index is 11.6. The molecule has 2 aliphatic rings. The van der Waals surface area contributed by atoms with Gasteiger partial charge < -0.3 is 10.6 Å². The van der Waals surface area contributed by atoms with Crippen LogP contribution in [0.25, 0.3) is 0 Å². The van der Waals surface area contributed by atoms with Gasteiger partial charge in [-0.1, -0.05) is 30.3 Å². The summed E-state index contributed by atoms with van der Waals surface area (Å²) < 4.78 is 23.1. The van der Waals surface area contributed by atoms with Crippen LogP contribution in [-0.2, 0) is 9.84 Å². The molecule has 2 N–H and O–H groups in total. The first-order valence-corrected chi connectivity index (χ1v) is 12.6. The Morgan fingerprint density at radius 3 is 2.41 bits per heavy atom. The summed E-state index contributed by atoms with van der Waals surface area (Å²) in [6.07, 6.45) is 2.52. The van der Waals surface area contributed by atoms with Gasteiger partial charge in [-0.3, -0.25) is 14.8 Å². The minimum absolute atomic E-state index is 0.274. The molecule has 1 aromatic rings. The zero-order valence-electron chi connectivity index (χ0n) is 17.5. The lowest BCUT2D eigenvalue weighted by atomic mass is 10.1. The fourth-order valence-electron chi connectivity index (χ4n) is 3.99. The molecule has 0 spiro atoms. The highest BCUT2D eigenvalue weighted by Gasteiger charge is 2.23. The second-order valence-corrected chi connectivity index (χ2v) is 10.1. The summed E-state index contributed by atoms with van der Waals surface area (Å²) in [5.74, 6) is 1.38. The van der Waals surface area contributed by atoms with E-state index in [1.54, 1.807) is 0 Å². The maximum atomic E-state index is 11.6. The van der Waals surface area contributed by atoms with Gasteiger partial charge in [-0.2, -0.15) is 0 Å². The average Bonchev–Trinajstić information content (AvgIpc) is 3.25. The number of guanidine groups is 1. The number of aliphatic imine (C=N–C) groups is 1. The zero-order valence-corrected chi connectivity index (χ0v) is 18.3. The third kappa shape index (κ3) is 6.97. The summed E-state index contributed by atoms with van der Waals surface area (Å²) in [5.41, 5.74) is 1.32. The number of hydrogen-bond donors (Lipinski definition) is 2. The third-order valence-electron chi connectivity index (χ3n) is 5.69. The maximum Gasteiger partial charge on any atom is 0.191 e. The number of benzene rings is 1. The van der Waals surface area contributed by atoms with Crippen molar-refractivity contribution in [3.05, 3.63) is 35.9 Å². The summed E-state index contributed by atoms with van der Waals surface area (Å²) in [5, 5.41) is 6.75. The minimum Gasteiger partial charge on any atom is -0.357 e. The molecule has 2 aliphatic heterocycles. The van der Waals surface area contributed by atoms with Gasteiger partial charge >= 0.3 is 0 Å². The van der Waals surface area contributed by atoms with E-state index in [4.69, 9.17) is 4.99 Å². The van der Waals surface area contributed by atoms with E-state index in [2.05, 4.69) is 57.7 Å². The molecule has 2 fully saturated rings. The predicted octanol–water partition coefficient (Wildman–Crippen LogP) is 1.11. The van der Waals surface area contributed by atoms with Gasteiger partial charge in [0.15, 0.2) is 15.8 Å². The van der Waals surface area contributed by atoms with E-state index in [-0.39, 0.29) is 11.5 Å². The lowest BCUT2D eigenvalue weighted by Gasteiger charge is -2.28. The van der Waals surface area contributed by atoms with Crippen molar-refractivity contribution in [2.45, 2.75) is 25.8 Å². The number of nitrogens with zero attached hydrogens (tertiary/aromatic N) is 3. The largest absolute Gasteiger partial charge is 0.357 e. The van der Waals surface area contributed by atoms with Crippen molar-refractivity contribution in [1.29, 1.82) is 0 Å². The van der Waals surface area contributed by atoms with Crippen molar-refractivity contribution in [1.82, 2.24) is 20.4 Å². The molecule has 162 valence electrons. The molecular formula is C21H35N5O2S. The van der Waals surface area contributed by atoms with Gasteiger partial charge in [0.05, 0.1) is 24.1 Å². The Kier molecular flexibility index (Phi) is 8.32. The number of hydrogen-bond acceptors (Lipinski definition) is 5. The molecule has 29 heavy (non-hydrogen) atoms. The van der Waals surface area contributed by atoms with Crippen LogP contribution < -0.4 is 10.6 Å². The van der Waals surface area contributed by atoms with Gasteiger partial charge in [-0.25, -0.2) is 8.42 Å². The van der Waals surface area contributed by atoms with Gasteiger partial charge in [0.1, 0.15) is 0 Å². The van der Waals surface area contributed by atoms with Crippen LogP contribution in [0.3, 0.4) is 0 Å². The molecule has 0 aromatic heterocycles. The Hall–Kier alpha value is -1.64. The van der Waals surface area contributed by atoms with Crippen molar-refractivity contribution in [2.75, 3.05) is 63.9 Å². The number of rotatable bonds is 8. The fourth-order valence-corrected chi connectivity index (χ4v) is 5.26. The van der Waals surface area contributed by atoms with E-state index < -0.39 is 9.84 Å². The second kappa shape index (κ2) is 10.9. The molecule has 2 heterocycles. The minimum atomic E-state index is -2.82. The normalized spacial score (nSPS) is 21.8. The SMILES string of the molecule is CCNC(=NCC(c1ccccc1)N1CCCC1)NCCN1CCS(=O)(=O)CC1. The van der Waals surface area contributed by atoms with Crippen molar-refractivity contribution in [2.24, 2.45) is 4.99 Å². The van der Waals surface area contributed by atoms with Gasteiger partial charge in [-0.05, 0) is 38.4 Å². The standard InChI is InChI=1S/C21H35N5O2S/c1-2-22-21(23-10-13-25-14-16-29(27,28)17-15-25)24-18-20(26-11-6-7-12-26)19-8-4-3-5-9-19/h3-5,8-9,20H,2,6-7,10-18H2,1H3,(H2,22,23,24). The molecule has 0 radical (unpaired) electrons. The van der Waals surface area contributed by atoms with Crippen LogP contribution >= 0.6 is 0 Å². The summed E-state index contributed by atoms with van der Waals surface area (Å²) in [6, 6.07) is 11.0. The number of sulfone groups is 1. The highest BCUT2D eigenvalue weighted by atomic mass is 32.2. The van der Waals surface area contributed by atoms with E-state index in [0.29, 0.717) is 19.1 Å². The topological polar surface area (TPSA) is 77.0 Å². The number of likely N-dealkylation sites (tertiary alicyclic amines) is 1. The van der Waals surface area contributed by atoms with E-state index >= 15 is 0 Å². The van der Waals surface area contributed by atoms with E-state index in [9.17, 15) is 8.42 Å². The third-order valence-corrected chi connectivity index (χ3v) is 7.30. The van der Waals surface area contributed by atoms with E-state index in [1.807, 2.05) is 0 Å². The Morgan fingerprint density at radius 1 is 1.07 bits per heavy atom. The van der Waals surface area contributed by atoms with Crippen molar-refractivity contribution >= 4 is 15.8 Å². The van der Waals surface area contributed by atoms with Crippen molar-refractivity contribution < 1.29 is 8.42 Å². The van der Waals surface area contributed by atoms with Crippen LogP contribution in [0.1, 0.15) is 31.4 Å². The first-order valence-electron chi connectivity index (χ1n) is 10.8. The smallest absolute Gasteiger partial charge is 0.191 e. The molecular weight excluding hydrogens is 386 g/mol. The van der Waals surface area contributed by atoms with Crippen LogP contribution in [0.5, 0.6) is 0 Å². The predicted molar refractivity (Wildman–Crippen MR) is 119 cm³/mol. The molecule has 1 atom stereocenters. The van der Waals surface area contributed by atoms with Gasteiger partial charge in [0.25, 0.3) is 0 Å². The summed E-state index contributed by atoms with van der Waals surface area (Å²) in [6.45, 7) is 8.72. The Morgan fingerprint density at radius 2 is 1.76 bits per heavy atom. The highest BCUT2D eigenvalue weighted by Crippen LogP contribution is 2.25. The Balaban J connectivity index is 1.55. The summed E-state index contributed by atoms with van der Waals surface area (Å²) >= 11 is 0. The molecule has 1 unspecified atom stereocenters. The second-order valence-electron chi connectivity index (χ2n) is 7.81. The average molecular weight is 422 g/mol. The molecule has 0 bridgehead atoms. The van der Waals surface area contributed by atoms with Crippen LogP contribution in [0.4, 0.5) is 0 Å². The van der Waals surface area contributed by atoms with Crippen LogP contribution in [0.15, 0.2) is 35.3 Å². The molecule has 1 aromatic carbocycles. The monoisotopic (exact) mass is 421 g/mol. The van der Waals surface area contributed by atoms with Crippen molar-refractivity contribution in [3.8, 4) is 0 Å². The summed E-state index contributed by atoms with van der Waals surface area (Å²) in [4.78, 5) is 9.62. The molecule has 0 amide bonds. The first kappa shape index (κ1) is 22.1. The van der Waals surface area contributed by atoms with Crippen LogP contribution in [-0.4, -0.2) is 88.0 Å². The highest BCUT2D eigenvalue weighted by molar-refractivity contribution is 7.91. The molecule has 8 heteroatoms. The molecule has 3 rings (SSSR count). The molecule has 0 aliphatic carbocycles. The lowest BCUT2D eigenvalue weighted by Crippen LogP contribution is -2.46. The van der Waals surface area contributed by atoms with E-state index in [1.165, 1.54) is 18.4 Å². The summed E-state index contributed by atoms with van der Waals surface area (Å²) in [7, 11) is -2.82. The fraction of sp³-hybridized carbons (Fsp3) is 0.667. The van der Waals surface area contributed by atoms with Crippen molar-refractivity contribution in [3.63, 3.8) is 0 Å². The molecule has 2 saturated heterocycles. The van der Waals surface area contributed by atoms with Crippen LogP contribution in [0, 0.1) is 0 Å². The van der Waals surface area contributed by atoms with Gasteiger partial charge in [0.2, 0.25) is 0 Å². The Labute approximate surface area is 175 Å². The lowest BCUT2D eigenvalue weighted by molar-refractivity contribution is 0.251. The zero-order chi connectivity index (χ0) is 20.5. The van der Waals surface area contributed by atoms with Gasteiger partial charge in [0, 0.05) is 32.7 Å². The number of nitrogens with one attached hydrogen (secondary N) is 2. The molecule has 7 nitrogen and oxygen atoms in total. The quantitative estimate of drug-likeness (QED) is 0.484. The molecule has 0 saturated carbocycles. The first-order chi connectivity index (χ1) is 14.1. The Bertz CT molecular complexity index is 734. The van der Waals surface area contributed by atoms with Gasteiger partial charge in [-0.15, -0.1) is 0 Å². The van der Waals surface area contributed by atoms with E-state index in [0.717, 1.165) is 45.2 Å².